The maximum Gasteiger partial charge on any atom is 0.321 e. The molecule has 1 fully saturated rings. The van der Waals surface area contributed by atoms with Gasteiger partial charge in [-0.05, 0) is 24.2 Å². The summed E-state index contributed by atoms with van der Waals surface area (Å²) < 4.78 is 0. The third-order valence-corrected chi connectivity index (χ3v) is 5.40. The second-order valence-corrected chi connectivity index (χ2v) is 8.56. The predicted molar refractivity (Wildman–Crippen MR) is 104 cm³/mol. The first kappa shape index (κ1) is 21.9. The van der Waals surface area contributed by atoms with E-state index in [9.17, 15) is 19.5 Å². The molecule has 0 radical (unpaired) electrons. The molecule has 154 valence electrons. The first-order chi connectivity index (χ1) is 13.2. The fourth-order valence-electron chi connectivity index (χ4n) is 3.80. The highest BCUT2D eigenvalue weighted by Gasteiger charge is 2.43. The average molecular weight is 390 g/mol. The van der Waals surface area contributed by atoms with Crippen LogP contribution < -0.4 is 10.6 Å². The normalized spacial score (nSPS) is 18.7. The molecule has 1 amide bonds. The van der Waals surface area contributed by atoms with Crippen molar-refractivity contribution in [3.05, 3.63) is 24.3 Å². The Bertz CT molecular complexity index is 683. The van der Waals surface area contributed by atoms with Crippen LogP contribution in [0, 0.1) is 11.3 Å². The number of carboxylic acid groups (broad SMARTS) is 1. The van der Waals surface area contributed by atoms with Gasteiger partial charge in [-0.1, -0.05) is 40.0 Å². The van der Waals surface area contributed by atoms with Gasteiger partial charge in [0.2, 0.25) is 0 Å². The van der Waals surface area contributed by atoms with Crippen molar-refractivity contribution in [2.24, 2.45) is 11.3 Å². The predicted octanol–water partition coefficient (Wildman–Crippen LogP) is 1.81. The number of aldehydes is 1. The third-order valence-electron chi connectivity index (χ3n) is 5.40. The number of amides is 1. The maximum atomic E-state index is 12.7. The van der Waals surface area contributed by atoms with Gasteiger partial charge in [0.05, 0.1) is 6.20 Å². The molecule has 1 heterocycles. The van der Waals surface area contributed by atoms with Crippen LogP contribution in [0.5, 0.6) is 0 Å². The van der Waals surface area contributed by atoms with Gasteiger partial charge >= 0.3 is 5.97 Å². The molecule has 1 aromatic rings. The fourth-order valence-corrected chi connectivity index (χ4v) is 3.80. The smallest absolute Gasteiger partial charge is 0.321 e. The zero-order chi connectivity index (χ0) is 20.8. The van der Waals surface area contributed by atoms with Gasteiger partial charge in [-0.25, -0.2) is 4.98 Å². The second-order valence-electron chi connectivity index (χ2n) is 8.56. The Balaban J connectivity index is 2.28. The molecular formula is C20H30N4O4. The summed E-state index contributed by atoms with van der Waals surface area (Å²) in [6.45, 7) is 5.50. The van der Waals surface area contributed by atoms with Crippen molar-refractivity contribution in [1.82, 2.24) is 20.6 Å². The molecule has 0 aliphatic heterocycles. The van der Waals surface area contributed by atoms with Crippen LogP contribution in [0.15, 0.2) is 18.6 Å². The van der Waals surface area contributed by atoms with E-state index in [0.29, 0.717) is 0 Å². The molecule has 8 nitrogen and oxygen atoms in total. The summed E-state index contributed by atoms with van der Waals surface area (Å²) in [6, 6.07) is -0.858. The van der Waals surface area contributed by atoms with Crippen molar-refractivity contribution < 1.29 is 19.5 Å². The summed E-state index contributed by atoms with van der Waals surface area (Å²) >= 11 is 0. The molecule has 1 aliphatic rings. The highest BCUT2D eigenvalue weighted by Crippen LogP contribution is 2.32. The van der Waals surface area contributed by atoms with Gasteiger partial charge in [-0.15, -0.1) is 0 Å². The number of carbonyl (C=O) groups is 3. The molecule has 2 rings (SSSR count). The first-order valence-corrected chi connectivity index (χ1v) is 9.70. The lowest BCUT2D eigenvalue weighted by Crippen LogP contribution is -2.63. The van der Waals surface area contributed by atoms with Crippen LogP contribution in [0.1, 0.15) is 63.4 Å². The van der Waals surface area contributed by atoms with Crippen LogP contribution in [-0.4, -0.2) is 51.4 Å². The molecule has 2 unspecified atom stereocenters. The molecule has 0 aromatic carbocycles. The molecule has 1 saturated carbocycles. The number of hydrogen-bond acceptors (Lipinski definition) is 6. The van der Waals surface area contributed by atoms with Crippen molar-refractivity contribution in [3.63, 3.8) is 0 Å². The number of nitrogens with one attached hydrogen (secondary N) is 2. The Morgan fingerprint density at radius 2 is 1.93 bits per heavy atom. The van der Waals surface area contributed by atoms with Crippen LogP contribution in [0.2, 0.25) is 0 Å². The molecule has 0 bridgehead atoms. The molecule has 0 saturated heterocycles. The van der Waals surface area contributed by atoms with Gasteiger partial charge in [0.1, 0.15) is 23.6 Å². The van der Waals surface area contributed by atoms with Gasteiger partial charge in [-0.2, -0.15) is 0 Å². The van der Waals surface area contributed by atoms with Gasteiger partial charge in [0.15, 0.2) is 0 Å². The fraction of sp³-hybridized carbons (Fsp3) is 0.650. The van der Waals surface area contributed by atoms with Gasteiger partial charge in [0.25, 0.3) is 5.91 Å². The molecule has 0 spiro atoms. The highest BCUT2D eigenvalue weighted by atomic mass is 16.4. The zero-order valence-corrected chi connectivity index (χ0v) is 16.8. The SMILES string of the molecule is CC(C)(C)C(NCC(C=O)(NC(=O)c1cnccn1)C1CCCCC1)C(=O)O. The van der Waals surface area contributed by atoms with Crippen LogP contribution in [0.4, 0.5) is 0 Å². The number of hydrogen-bond donors (Lipinski definition) is 3. The van der Waals surface area contributed by atoms with E-state index >= 15 is 0 Å². The zero-order valence-electron chi connectivity index (χ0n) is 16.8. The topological polar surface area (TPSA) is 121 Å². The molecule has 2 atom stereocenters. The van der Waals surface area contributed by atoms with E-state index in [1.54, 1.807) is 0 Å². The van der Waals surface area contributed by atoms with Crippen molar-refractivity contribution >= 4 is 18.2 Å². The monoisotopic (exact) mass is 390 g/mol. The quantitative estimate of drug-likeness (QED) is 0.579. The standard InChI is InChI=1S/C20H30N4O4/c1-19(2,3)16(18(27)28)23-12-20(13-25,14-7-5-4-6-8-14)24-17(26)15-11-21-9-10-22-15/h9-11,13-14,16,23H,4-8,12H2,1-3H3,(H,24,26)(H,27,28). The van der Waals surface area contributed by atoms with Crippen molar-refractivity contribution in [3.8, 4) is 0 Å². The van der Waals surface area contributed by atoms with Crippen LogP contribution in [-0.2, 0) is 9.59 Å². The highest BCUT2D eigenvalue weighted by molar-refractivity contribution is 5.94. The van der Waals surface area contributed by atoms with Crippen molar-refractivity contribution in [2.75, 3.05) is 6.54 Å². The minimum absolute atomic E-state index is 0.0431. The first-order valence-electron chi connectivity index (χ1n) is 9.70. The van der Waals surface area contributed by atoms with Gasteiger partial charge in [-0.3, -0.25) is 14.6 Å². The lowest BCUT2D eigenvalue weighted by atomic mass is 9.74. The summed E-state index contributed by atoms with van der Waals surface area (Å²) in [5, 5.41) is 15.5. The Hall–Kier alpha value is -2.35. The Morgan fingerprint density at radius 1 is 1.25 bits per heavy atom. The van der Waals surface area contributed by atoms with E-state index in [4.69, 9.17) is 0 Å². The van der Waals surface area contributed by atoms with Crippen molar-refractivity contribution in [2.45, 2.75) is 64.5 Å². The molecule has 1 aliphatic carbocycles. The van der Waals surface area contributed by atoms with E-state index in [1.165, 1.54) is 18.6 Å². The summed E-state index contributed by atoms with van der Waals surface area (Å²) in [7, 11) is 0. The number of carboxylic acids is 1. The summed E-state index contributed by atoms with van der Waals surface area (Å²) in [4.78, 5) is 44.6. The maximum absolute atomic E-state index is 12.7. The lowest BCUT2D eigenvalue weighted by molar-refractivity contribution is -0.142. The van der Waals surface area contributed by atoms with E-state index in [1.807, 2.05) is 20.8 Å². The lowest BCUT2D eigenvalue weighted by Gasteiger charge is -2.41. The molecular weight excluding hydrogens is 360 g/mol. The van der Waals surface area contributed by atoms with E-state index < -0.39 is 28.9 Å². The largest absolute Gasteiger partial charge is 0.480 e. The number of aromatic nitrogens is 2. The molecule has 28 heavy (non-hydrogen) atoms. The second kappa shape index (κ2) is 9.23. The summed E-state index contributed by atoms with van der Waals surface area (Å²) in [5.41, 5.74) is -1.63. The Labute approximate surface area is 165 Å². The Morgan fingerprint density at radius 3 is 2.43 bits per heavy atom. The van der Waals surface area contributed by atoms with Gasteiger partial charge in [0, 0.05) is 18.9 Å². The van der Waals surface area contributed by atoms with Gasteiger partial charge < -0.3 is 20.5 Å². The number of nitrogens with zero attached hydrogens (tertiary/aromatic N) is 2. The minimum Gasteiger partial charge on any atom is -0.480 e. The summed E-state index contributed by atoms with van der Waals surface area (Å²) in [5.74, 6) is -1.55. The molecule has 8 heteroatoms. The van der Waals surface area contributed by atoms with E-state index in [-0.39, 0.29) is 18.2 Å². The van der Waals surface area contributed by atoms with E-state index in [2.05, 4.69) is 20.6 Å². The van der Waals surface area contributed by atoms with Crippen LogP contribution in [0.25, 0.3) is 0 Å². The van der Waals surface area contributed by atoms with Crippen LogP contribution in [0.3, 0.4) is 0 Å². The van der Waals surface area contributed by atoms with Crippen LogP contribution >= 0.6 is 0 Å². The number of rotatable bonds is 8. The van der Waals surface area contributed by atoms with E-state index in [0.717, 1.165) is 38.4 Å². The Kier molecular flexibility index (Phi) is 7.23. The molecule has 1 aromatic heterocycles. The van der Waals surface area contributed by atoms with Crippen molar-refractivity contribution in [1.29, 1.82) is 0 Å². The summed E-state index contributed by atoms with van der Waals surface area (Å²) in [6.07, 6.45) is 9.62. The third kappa shape index (κ3) is 5.34. The minimum atomic E-state index is -1.20. The molecule has 3 N–H and O–H groups in total. The number of carbonyl (C=O) groups excluding carboxylic acids is 2. The average Bonchev–Trinajstić information content (AvgIpc) is 2.67. The number of aliphatic carboxylic acids is 1.